The second-order valence-electron chi connectivity index (χ2n) is 9.93. The summed E-state index contributed by atoms with van der Waals surface area (Å²) in [5.41, 5.74) is 0.730. The minimum absolute atomic E-state index is 0.149. The highest BCUT2D eigenvalue weighted by Gasteiger charge is 2.27. The first kappa shape index (κ1) is 25.3. The SMILES string of the molecule is CCN(CCN(C)CCC1CCC(NC(=O)C2CCOCC2)CC1)c1noc2cc(Cl)ccc12. The molecule has 34 heavy (non-hydrogen) atoms. The molecule has 1 aromatic carbocycles. The van der Waals surface area contributed by atoms with Crippen molar-refractivity contribution in [2.75, 3.05) is 51.3 Å². The van der Waals surface area contributed by atoms with Crippen molar-refractivity contribution in [2.45, 2.75) is 57.9 Å². The van der Waals surface area contributed by atoms with Gasteiger partial charge in [0.05, 0.1) is 5.39 Å². The normalized spacial score (nSPS) is 21.8. The molecule has 1 saturated carbocycles. The molecule has 0 bridgehead atoms. The van der Waals surface area contributed by atoms with Crippen LogP contribution in [0.3, 0.4) is 0 Å². The van der Waals surface area contributed by atoms with Crippen LogP contribution in [0.15, 0.2) is 22.7 Å². The molecule has 1 amide bonds. The lowest BCUT2D eigenvalue weighted by Gasteiger charge is -2.32. The summed E-state index contributed by atoms with van der Waals surface area (Å²) >= 11 is 6.07. The summed E-state index contributed by atoms with van der Waals surface area (Å²) in [6.45, 7) is 7.44. The number of hydrogen-bond acceptors (Lipinski definition) is 6. The van der Waals surface area contributed by atoms with Gasteiger partial charge >= 0.3 is 0 Å². The van der Waals surface area contributed by atoms with Gasteiger partial charge in [-0.15, -0.1) is 0 Å². The van der Waals surface area contributed by atoms with Gasteiger partial charge in [-0.25, -0.2) is 0 Å². The molecule has 1 saturated heterocycles. The van der Waals surface area contributed by atoms with Crippen LogP contribution >= 0.6 is 11.6 Å². The third-order valence-electron chi connectivity index (χ3n) is 7.55. The summed E-state index contributed by atoms with van der Waals surface area (Å²) in [5.74, 6) is 2.04. The van der Waals surface area contributed by atoms with Crippen molar-refractivity contribution in [1.82, 2.24) is 15.4 Å². The number of ether oxygens (including phenoxy) is 1. The lowest BCUT2D eigenvalue weighted by Crippen LogP contribution is -2.42. The van der Waals surface area contributed by atoms with E-state index in [0.717, 1.165) is 87.8 Å². The molecule has 0 radical (unpaired) electrons. The van der Waals surface area contributed by atoms with Crippen LogP contribution in [-0.4, -0.2) is 68.4 Å². The van der Waals surface area contributed by atoms with Crippen LogP contribution in [-0.2, 0) is 9.53 Å². The maximum atomic E-state index is 12.5. The Morgan fingerprint density at radius 2 is 1.88 bits per heavy atom. The fourth-order valence-corrected chi connectivity index (χ4v) is 5.38. The topological polar surface area (TPSA) is 70.8 Å². The molecule has 8 heteroatoms. The van der Waals surface area contributed by atoms with Crippen molar-refractivity contribution in [3.63, 3.8) is 0 Å². The molecule has 7 nitrogen and oxygen atoms in total. The molecule has 2 heterocycles. The first-order valence-electron chi connectivity index (χ1n) is 12.9. The molecular formula is C26H39ClN4O3. The molecule has 0 spiro atoms. The summed E-state index contributed by atoms with van der Waals surface area (Å²) in [7, 11) is 2.20. The van der Waals surface area contributed by atoms with Crippen molar-refractivity contribution in [1.29, 1.82) is 0 Å². The Kier molecular flexibility index (Phi) is 9.09. The van der Waals surface area contributed by atoms with Crippen LogP contribution in [0.1, 0.15) is 51.9 Å². The van der Waals surface area contributed by atoms with Crippen LogP contribution < -0.4 is 10.2 Å². The van der Waals surface area contributed by atoms with E-state index < -0.39 is 0 Å². The summed E-state index contributed by atoms with van der Waals surface area (Å²) in [6.07, 6.45) is 7.58. The number of likely N-dealkylation sites (N-methyl/N-ethyl adjacent to an activating group) is 2. The van der Waals surface area contributed by atoms with Crippen LogP contribution in [0.2, 0.25) is 5.02 Å². The van der Waals surface area contributed by atoms with Gasteiger partial charge in [-0.05, 0) is 83.5 Å². The van der Waals surface area contributed by atoms with Gasteiger partial charge in [0.25, 0.3) is 0 Å². The van der Waals surface area contributed by atoms with E-state index in [2.05, 4.69) is 34.2 Å². The Hall–Kier alpha value is -1.83. The largest absolute Gasteiger partial charge is 0.381 e. The lowest BCUT2D eigenvalue weighted by atomic mass is 9.83. The smallest absolute Gasteiger partial charge is 0.223 e. The molecule has 1 aliphatic heterocycles. The van der Waals surface area contributed by atoms with Gasteiger partial charge in [0.15, 0.2) is 11.4 Å². The van der Waals surface area contributed by atoms with Crippen molar-refractivity contribution >= 4 is 34.3 Å². The van der Waals surface area contributed by atoms with Crippen molar-refractivity contribution in [2.24, 2.45) is 11.8 Å². The summed E-state index contributed by atoms with van der Waals surface area (Å²) < 4.78 is 10.9. The van der Waals surface area contributed by atoms with Crippen LogP contribution in [0.25, 0.3) is 11.0 Å². The molecule has 2 fully saturated rings. The molecule has 4 rings (SSSR count). The van der Waals surface area contributed by atoms with E-state index in [4.69, 9.17) is 20.9 Å². The predicted octanol–water partition coefficient (Wildman–Crippen LogP) is 4.73. The van der Waals surface area contributed by atoms with Crippen molar-refractivity contribution in [3.8, 4) is 0 Å². The van der Waals surface area contributed by atoms with Gasteiger partial charge in [0.2, 0.25) is 5.91 Å². The number of carbonyl (C=O) groups excluding carboxylic acids is 1. The maximum Gasteiger partial charge on any atom is 0.223 e. The number of amides is 1. The van der Waals surface area contributed by atoms with Gasteiger partial charge in [-0.2, -0.15) is 0 Å². The molecule has 188 valence electrons. The number of fused-ring (bicyclic) bond motifs is 1. The van der Waals surface area contributed by atoms with E-state index in [9.17, 15) is 4.79 Å². The van der Waals surface area contributed by atoms with Crippen molar-refractivity contribution < 1.29 is 14.1 Å². The highest BCUT2D eigenvalue weighted by molar-refractivity contribution is 6.31. The highest BCUT2D eigenvalue weighted by atomic mass is 35.5. The molecule has 2 aliphatic rings. The first-order chi connectivity index (χ1) is 16.5. The Balaban J connectivity index is 1.16. The zero-order chi connectivity index (χ0) is 23.9. The van der Waals surface area contributed by atoms with Crippen molar-refractivity contribution in [3.05, 3.63) is 23.2 Å². The minimum atomic E-state index is 0.149. The van der Waals surface area contributed by atoms with E-state index in [1.54, 1.807) is 0 Å². The number of benzene rings is 1. The van der Waals surface area contributed by atoms with E-state index in [1.165, 1.54) is 19.3 Å². The second kappa shape index (κ2) is 12.2. The number of nitrogens with zero attached hydrogens (tertiary/aromatic N) is 3. The van der Waals surface area contributed by atoms with Crippen LogP contribution in [0.5, 0.6) is 0 Å². The lowest BCUT2D eigenvalue weighted by molar-refractivity contribution is -0.128. The molecule has 2 aromatic rings. The van der Waals surface area contributed by atoms with Gasteiger partial charge in [0, 0.05) is 55.9 Å². The standard InChI is InChI=1S/C26H39ClN4O3/c1-3-31(25-23-9-6-21(27)18-24(23)34-29-25)15-14-30(2)13-10-19-4-7-22(8-5-19)28-26(32)20-11-16-33-17-12-20/h6,9,18-20,22H,3-5,7-8,10-17H2,1-2H3,(H,28,32). The Morgan fingerprint density at radius 3 is 2.62 bits per heavy atom. The number of aromatic nitrogens is 1. The molecule has 0 unspecified atom stereocenters. The number of hydrogen-bond donors (Lipinski definition) is 1. The quantitative estimate of drug-likeness (QED) is 0.519. The number of anilines is 1. The summed E-state index contributed by atoms with van der Waals surface area (Å²) in [6, 6.07) is 6.04. The van der Waals surface area contributed by atoms with E-state index in [-0.39, 0.29) is 11.8 Å². The summed E-state index contributed by atoms with van der Waals surface area (Å²) in [4.78, 5) is 17.2. The second-order valence-corrected chi connectivity index (χ2v) is 10.4. The fourth-order valence-electron chi connectivity index (χ4n) is 5.22. The third kappa shape index (κ3) is 6.64. The van der Waals surface area contributed by atoms with E-state index in [1.807, 2.05) is 18.2 Å². The average Bonchev–Trinajstić information content (AvgIpc) is 3.27. The van der Waals surface area contributed by atoms with Gasteiger partial charge in [-0.3, -0.25) is 4.79 Å². The van der Waals surface area contributed by atoms with Gasteiger partial charge in [0.1, 0.15) is 0 Å². The minimum Gasteiger partial charge on any atom is -0.381 e. The number of rotatable bonds is 10. The first-order valence-corrected chi connectivity index (χ1v) is 13.3. The van der Waals surface area contributed by atoms with Gasteiger partial charge in [-0.1, -0.05) is 16.8 Å². The number of halogens is 1. The zero-order valence-corrected chi connectivity index (χ0v) is 21.4. The highest BCUT2D eigenvalue weighted by Crippen LogP contribution is 2.29. The number of carbonyl (C=O) groups is 1. The molecular weight excluding hydrogens is 452 g/mol. The molecule has 1 N–H and O–H groups in total. The predicted molar refractivity (Wildman–Crippen MR) is 136 cm³/mol. The van der Waals surface area contributed by atoms with E-state index in [0.29, 0.717) is 11.1 Å². The zero-order valence-electron chi connectivity index (χ0n) is 20.6. The van der Waals surface area contributed by atoms with E-state index >= 15 is 0 Å². The Morgan fingerprint density at radius 1 is 1.12 bits per heavy atom. The fraction of sp³-hybridized carbons (Fsp3) is 0.692. The Bertz CT molecular complexity index is 922. The van der Waals surface area contributed by atoms with Crippen LogP contribution in [0.4, 0.5) is 5.82 Å². The van der Waals surface area contributed by atoms with Gasteiger partial charge < -0.3 is 24.4 Å². The number of nitrogens with one attached hydrogen (secondary N) is 1. The maximum absolute atomic E-state index is 12.5. The monoisotopic (exact) mass is 490 g/mol. The third-order valence-corrected chi connectivity index (χ3v) is 7.79. The molecule has 0 atom stereocenters. The van der Waals surface area contributed by atoms with Crippen LogP contribution in [0, 0.1) is 11.8 Å². The summed E-state index contributed by atoms with van der Waals surface area (Å²) in [5, 5.41) is 9.28. The Labute approximate surface area is 208 Å². The molecule has 1 aromatic heterocycles. The average molecular weight is 491 g/mol. The molecule has 1 aliphatic carbocycles.